The van der Waals surface area contributed by atoms with Crippen LogP contribution in [0.15, 0.2) is 28.7 Å². The Hall–Kier alpha value is -1.27. The molecule has 0 aliphatic carbocycles. The molecule has 0 saturated heterocycles. The number of rotatable bonds is 5. The van der Waals surface area contributed by atoms with E-state index in [2.05, 4.69) is 27.2 Å². The van der Waals surface area contributed by atoms with Gasteiger partial charge in [0.2, 0.25) is 5.91 Å². The van der Waals surface area contributed by atoms with Gasteiger partial charge in [0.15, 0.2) is 0 Å². The van der Waals surface area contributed by atoms with Crippen molar-refractivity contribution in [3.63, 3.8) is 0 Å². The van der Waals surface area contributed by atoms with E-state index < -0.39 is 0 Å². The average Bonchev–Trinajstić information content (AvgIpc) is 2.31. The van der Waals surface area contributed by atoms with Crippen LogP contribution in [0, 0.1) is 12.3 Å². The second kappa shape index (κ2) is 7.13. The standard InChI is InChI=1S/C14H16BrNO/c1-3-5-13(4-2)16-14(17)10-11-6-8-12(15)9-7-11/h1,6-9,13H,4-5,10H2,2H3,(H,16,17). The predicted octanol–water partition coefficient (Wildman–Crippen LogP) is 2.91. The Bertz CT molecular complexity index is 405. The summed E-state index contributed by atoms with van der Waals surface area (Å²) in [7, 11) is 0. The summed E-state index contributed by atoms with van der Waals surface area (Å²) < 4.78 is 1.01. The van der Waals surface area contributed by atoms with Crippen molar-refractivity contribution in [2.24, 2.45) is 0 Å². The lowest BCUT2D eigenvalue weighted by molar-refractivity contribution is -0.121. The molecule has 1 aromatic carbocycles. The Labute approximate surface area is 111 Å². The zero-order valence-corrected chi connectivity index (χ0v) is 11.5. The van der Waals surface area contributed by atoms with Crippen molar-refractivity contribution in [3.8, 4) is 12.3 Å². The fourth-order valence-corrected chi connectivity index (χ4v) is 1.77. The zero-order chi connectivity index (χ0) is 12.7. The highest BCUT2D eigenvalue weighted by Gasteiger charge is 2.09. The smallest absolute Gasteiger partial charge is 0.224 e. The highest BCUT2D eigenvalue weighted by Crippen LogP contribution is 2.11. The van der Waals surface area contributed by atoms with E-state index >= 15 is 0 Å². The average molecular weight is 294 g/mol. The van der Waals surface area contributed by atoms with Crippen LogP contribution in [0.4, 0.5) is 0 Å². The van der Waals surface area contributed by atoms with E-state index in [1.54, 1.807) is 0 Å². The van der Waals surface area contributed by atoms with Gasteiger partial charge in [0, 0.05) is 16.9 Å². The minimum absolute atomic E-state index is 0.0226. The number of hydrogen-bond donors (Lipinski definition) is 1. The number of amides is 1. The maximum Gasteiger partial charge on any atom is 0.224 e. The number of carbonyl (C=O) groups is 1. The van der Waals surface area contributed by atoms with E-state index in [0.717, 1.165) is 16.5 Å². The molecule has 0 aromatic heterocycles. The summed E-state index contributed by atoms with van der Waals surface area (Å²) >= 11 is 3.36. The molecule has 0 spiro atoms. The highest BCUT2D eigenvalue weighted by molar-refractivity contribution is 9.10. The zero-order valence-electron chi connectivity index (χ0n) is 9.87. The molecule has 0 fully saturated rings. The van der Waals surface area contributed by atoms with Gasteiger partial charge in [0.25, 0.3) is 0 Å². The molecule has 0 bridgehead atoms. The van der Waals surface area contributed by atoms with E-state index in [1.807, 2.05) is 31.2 Å². The van der Waals surface area contributed by atoms with E-state index in [4.69, 9.17) is 6.42 Å². The van der Waals surface area contributed by atoms with Crippen molar-refractivity contribution in [3.05, 3.63) is 34.3 Å². The van der Waals surface area contributed by atoms with Crippen LogP contribution < -0.4 is 5.32 Å². The van der Waals surface area contributed by atoms with E-state index in [1.165, 1.54) is 0 Å². The van der Waals surface area contributed by atoms with Crippen molar-refractivity contribution in [1.82, 2.24) is 5.32 Å². The van der Waals surface area contributed by atoms with Gasteiger partial charge in [-0.15, -0.1) is 12.3 Å². The summed E-state index contributed by atoms with van der Waals surface area (Å²) in [5, 5.41) is 2.94. The Morgan fingerprint density at radius 2 is 2.12 bits per heavy atom. The highest BCUT2D eigenvalue weighted by atomic mass is 79.9. The van der Waals surface area contributed by atoms with Crippen molar-refractivity contribution in [2.75, 3.05) is 0 Å². The molecule has 17 heavy (non-hydrogen) atoms. The molecule has 1 aromatic rings. The summed E-state index contributed by atoms with van der Waals surface area (Å²) in [6.07, 6.45) is 7.08. The van der Waals surface area contributed by atoms with Crippen LogP contribution in [0.25, 0.3) is 0 Å². The second-order valence-corrected chi connectivity index (χ2v) is 4.80. The summed E-state index contributed by atoms with van der Waals surface area (Å²) in [5.41, 5.74) is 1.00. The largest absolute Gasteiger partial charge is 0.352 e. The van der Waals surface area contributed by atoms with Gasteiger partial charge in [-0.1, -0.05) is 35.0 Å². The van der Waals surface area contributed by atoms with Gasteiger partial charge in [-0.3, -0.25) is 4.79 Å². The van der Waals surface area contributed by atoms with Gasteiger partial charge in [0.1, 0.15) is 0 Å². The third-order valence-electron chi connectivity index (χ3n) is 2.50. The molecular formula is C14H16BrNO. The number of terminal acetylenes is 1. The van der Waals surface area contributed by atoms with Crippen LogP contribution in [0.3, 0.4) is 0 Å². The molecule has 3 heteroatoms. The molecular weight excluding hydrogens is 278 g/mol. The predicted molar refractivity (Wildman–Crippen MR) is 73.5 cm³/mol. The van der Waals surface area contributed by atoms with E-state index in [9.17, 15) is 4.79 Å². The molecule has 90 valence electrons. The van der Waals surface area contributed by atoms with Crippen molar-refractivity contribution < 1.29 is 4.79 Å². The van der Waals surface area contributed by atoms with Gasteiger partial charge >= 0.3 is 0 Å². The maximum atomic E-state index is 11.8. The van der Waals surface area contributed by atoms with Crippen molar-refractivity contribution in [2.45, 2.75) is 32.2 Å². The lowest BCUT2D eigenvalue weighted by Gasteiger charge is -2.14. The first-order chi connectivity index (χ1) is 8.15. The van der Waals surface area contributed by atoms with E-state index in [0.29, 0.717) is 12.8 Å². The summed E-state index contributed by atoms with van der Waals surface area (Å²) in [6, 6.07) is 7.82. The van der Waals surface area contributed by atoms with Crippen LogP contribution in [0.2, 0.25) is 0 Å². The Kier molecular flexibility index (Phi) is 5.79. The molecule has 1 rings (SSSR count). The first-order valence-corrected chi connectivity index (χ1v) is 6.42. The first-order valence-electron chi connectivity index (χ1n) is 5.63. The molecule has 2 nitrogen and oxygen atoms in total. The van der Waals surface area contributed by atoms with Gasteiger partial charge in [-0.2, -0.15) is 0 Å². The van der Waals surface area contributed by atoms with Crippen LogP contribution >= 0.6 is 15.9 Å². The molecule has 0 aliphatic heterocycles. The van der Waals surface area contributed by atoms with Crippen LogP contribution in [-0.2, 0) is 11.2 Å². The molecule has 0 heterocycles. The Morgan fingerprint density at radius 1 is 1.47 bits per heavy atom. The number of nitrogens with one attached hydrogen (secondary N) is 1. The maximum absolute atomic E-state index is 11.8. The second-order valence-electron chi connectivity index (χ2n) is 3.88. The van der Waals surface area contributed by atoms with Gasteiger partial charge in [0.05, 0.1) is 6.42 Å². The molecule has 1 atom stereocenters. The minimum Gasteiger partial charge on any atom is -0.352 e. The van der Waals surface area contributed by atoms with Gasteiger partial charge in [-0.25, -0.2) is 0 Å². The molecule has 0 radical (unpaired) electrons. The molecule has 0 aliphatic rings. The molecule has 1 N–H and O–H groups in total. The van der Waals surface area contributed by atoms with Gasteiger partial charge < -0.3 is 5.32 Å². The SMILES string of the molecule is C#CCC(CC)NC(=O)Cc1ccc(Br)cc1. The Morgan fingerprint density at radius 3 is 2.65 bits per heavy atom. The van der Waals surface area contributed by atoms with Crippen molar-refractivity contribution >= 4 is 21.8 Å². The number of hydrogen-bond acceptors (Lipinski definition) is 1. The van der Waals surface area contributed by atoms with Gasteiger partial charge in [-0.05, 0) is 24.1 Å². The van der Waals surface area contributed by atoms with Crippen LogP contribution in [0.5, 0.6) is 0 Å². The summed E-state index contributed by atoms with van der Waals surface area (Å²) in [6.45, 7) is 2.02. The lowest BCUT2D eigenvalue weighted by atomic mass is 10.1. The molecule has 0 saturated carbocycles. The number of halogens is 1. The quantitative estimate of drug-likeness (QED) is 0.831. The molecule has 1 amide bonds. The first kappa shape index (κ1) is 13.8. The van der Waals surface area contributed by atoms with Crippen LogP contribution in [-0.4, -0.2) is 11.9 Å². The fraction of sp³-hybridized carbons (Fsp3) is 0.357. The lowest BCUT2D eigenvalue weighted by Crippen LogP contribution is -2.35. The van der Waals surface area contributed by atoms with Crippen molar-refractivity contribution in [1.29, 1.82) is 0 Å². The number of carbonyl (C=O) groups excluding carboxylic acids is 1. The topological polar surface area (TPSA) is 29.1 Å². The third-order valence-corrected chi connectivity index (χ3v) is 3.03. The van der Waals surface area contributed by atoms with Crippen LogP contribution in [0.1, 0.15) is 25.3 Å². The fourth-order valence-electron chi connectivity index (χ4n) is 1.51. The third kappa shape index (κ3) is 5.06. The summed E-state index contributed by atoms with van der Waals surface area (Å²) in [5.74, 6) is 2.60. The summed E-state index contributed by atoms with van der Waals surface area (Å²) in [4.78, 5) is 11.8. The minimum atomic E-state index is 0.0226. The van der Waals surface area contributed by atoms with E-state index in [-0.39, 0.29) is 11.9 Å². The Balaban J connectivity index is 2.49. The number of benzene rings is 1. The monoisotopic (exact) mass is 293 g/mol. The normalized spacial score (nSPS) is 11.6. The molecule has 1 unspecified atom stereocenters.